The van der Waals surface area contributed by atoms with Gasteiger partial charge in [-0.1, -0.05) is 0 Å². The van der Waals surface area contributed by atoms with Gasteiger partial charge in [-0.3, -0.25) is 4.90 Å². The quantitative estimate of drug-likeness (QED) is 0.654. The first-order valence-corrected chi connectivity index (χ1v) is 4.69. The monoisotopic (exact) mass is 171 g/mol. The molecule has 0 aromatic rings. The Kier molecular flexibility index (Phi) is 3.50. The van der Waals surface area contributed by atoms with Crippen molar-refractivity contribution in [3.8, 4) is 0 Å². The molecule has 0 aromatic heterocycles. The Morgan fingerprint density at radius 2 is 2.08 bits per heavy atom. The van der Waals surface area contributed by atoms with E-state index in [2.05, 4.69) is 36.3 Å². The maximum Gasteiger partial charge on any atom is 0.0595 e. The number of likely N-dealkylation sites (N-methyl/N-ethyl adjacent to an activating group) is 2. The van der Waals surface area contributed by atoms with Gasteiger partial charge in [-0.05, 0) is 41.0 Å². The van der Waals surface area contributed by atoms with E-state index in [0.29, 0.717) is 6.17 Å². The molecule has 0 bridgehead atoms. The van der Waals surface area contributed by atoms with Gasteiger partial charge in [0, 0.05) is 12.6 Å². The summed E-state index contributed by atoms with van der Waals surface area (Å²) in [5.41, 5.74) is 0. The Bertz CT molecular complexity index is 136. The van der Waals surface area contributed by atoms with Crippen LogP contribution in [0.4, 0.5) is 0 Å². The molecule has 3 nitrogen and oxygen atoms in total. The van der Waals surface area contributed by atoms with Crippen LogP contribution in [0.3, 0.4) is 0 Å². The zero-order chi connectivity index (χ0) is 9.14. The lowest BCUT2D eigenvalue weighted by molar-refractivity contribution is 0.186. The first-order valence-electron chi connectivity index (χ1n) is 4.69. The zero-order valence-corrected chi connectivity index (χ0v) is 8.67. The third kappa shape index (κ3) is 2.19. The SMILES string of the molecule is CNC1CCC(CN(C)C)N1C. The summed E-state index contributed by atoms with van der Waals surface area (Å²) in [6, 6.07) is 0.734. The molecule has 1 aliphatic rings. The maximum atomic E-state index is 3.32. The fourth-order valence-corrected chi connectivity index (χ4v) is 2.00. The molecule has 2 unspecified atom stereocenters. The van der Waals surface area contributed by atoms with Gasteiger partial charge in [0.25, 0.3) is 0 Å². The Labute approximate surface area is 75.7 Å². The Morgan fingerprint density at radius 1 is 1.42 bits per heavy atom. The molecule has 1 N–H and O–H groups in total. The highest BCUT2D eigenvalue weighted by molar-refractivity contribution is 4.84. The molecule has 1 heterocycles. The Balaban J connectivity index is 2.38. The summed E-state index contributed by atoms with van der Waals surface area (Å²) in [5, 5.41) is 3.32. The lowest BCUT2D eigenvalue weighted by Crippen LogP contribution is -2.43. The van der Waals surface area contributed by atoms with Crippen LogP contribution >= 0.6 is 0 Å². The van der Waals surface area contributed by atoms with Gasteiger partial charge in [0.05, 0.1) is 6.17 Å². The largest absolute Gasteiger partial charge is 0.308 e. The zero-order valence-electron chi connectivity index (χ0n) is 8.67. The molecule has 72 valence electrons. The number of hydrogen-bond acceptors (Lipinski definition) is 3. The molecule has 1 rings (SSSR count). The minimum atomic E-state index is 0.593. The van der Waals surface area contributed by atoms with Crippen molar-refractivity contribution in [2.24, 2.45) is 0 Å². The summed E-state index contributed by atoms with van der Waals surface area (Å²) in [4.78, 5) is 4.71. The normalized spacial score (nSPS) is 31.8. The van der Waals surface area contributed by atoms with E-state index < -0.39 is 0 Å². The molecule has 0 saturated carbocycles. The lowest BCUT2D eigenvalue weighted by Gasteiger charge is -2.27. The van der Waals surface area contributed by atoms with Crippen LogP contribution in [0.5, 0.6) is 0 Å². The molecule has 2 atom stereocenters. The van der Waals surface area contributed by atoms with Gasteiger partial charge in [-0.2, -0.15) is 0 Å². The minimum Gasteiger partial charge on any atom is -0.308 e. The summed E-state index contributed by atoms with van der Waals surface area (Å²) < 4.78 is 0. The topological polar surface area (TPSA) is 18.5 Å². The average Bonchev–Trinajstić information content (AvgIpc) is 2.32. The Morgan fingerprint density at radius 3 is 2.50 bits per heavy atom. The molecule has 0 amide bonds. The van der Waals surface area contributed by atoms with Crippen molar-refractivity contribution < 1.29 is 0 Å². The predicted molar refractivity (Wildman–Crippen MR) is 52.2 cm³/mol. The van der Waals surface area contributed by atoms with Crippen molar-refractivity contribution in [1.82, 2.24) is 15.1 Å². The first kappa shape index (κ1) is 9.96. The van der Waals surface area contributed by atoms with Crippen LogP contribution in [0.1, 0.15) is 12.8 Å². The van der Waals surface area contributed by atoms with Crippen LogP contribution in [0.2, 0.25) is 0 Å². The van der Waals surface area contributed by atoms with Crippen molar-refractivity contribution in [3.05, 3.63) is 0 Å². The maximum absolute atomic E-state index is 3.32. The van der Waals surface area contributed by atoms with E-state index >= 15 is 0 Å². The van der Waals surface area contributed by atoms with Crippen molar-refractivity contribution in [2.75, 3.05) is 34.7 Å². The number of nitrogens with zero attached hydrogens (tertiary/aromatic N) is 2. The number of likely N-dealkylation sites (tertiary alicyclic amines) is 1. The summed E-state index contributed by atoms with van der Waals surface area (Å²) in [6.45, 7) is 1.18. The number of nitrogens with one attached hydrogen (secondary N) is 1. The van der Waals surface area contributed by atoms with Gasteiger partial charge in [0.15, 0.2) is 0 Å². The lowest BCUT2D eigenvalue weighted by atomic mass is 10.2. The fraction of sp³-hybridized carbons (Fsp3) is 1.00. The third-order valence-corrected chi connectivity index (χ3v) is 2.75. The Hall–Kier alpha value is -0.120. The third-order valence-electron chi connectivity index (χ3n) is 2.75. The van der Waals surface area contributed by atoms with Crippen LogP contribution in [0, 0.1) is 0 Å². The van der Waals surface area contributed by atoms with Gasteiger partial charge >= 0.3 is 0 Å². The van der Waals surface area contributed by atoms with Gasteiger partial charge in [-0.25, -0.2) is 0 Å². The predicted octanol–water partition coefficient (Wildman–Crippen LogP) is 0.188. The molecule has 0 radical (unpaired) electrons. The first-order chi connectivity index (χ1) is 5.65. The molecule has 0 spiro atoms. The molecule has 3 heteroatoms. The molecule has 0 aliphatic carbocycles. The second-order valence-corrected chi connectivity index (χ2v) is 3.96. The molecule has 0 aromatic carbocycles. The molecule has 1 fully saturated rings. The summed E-state index contributed by atoms with van der Waals surface area (Å²) in [7, 11) is 8.53. The molecular weight excluding hydrogens is 150 g/mol. The van der Waals surface area contributed by atoms with E-state index in [9.17, 15) is 0 Å². The van der Waals surface area contributed by atoms with Crippen molar-refractivity contribution in [2.45, 2.75) is 25.0 Å². The number of rotatable bonds is 3. The van der Waals surface area contributed by atoms with Crippen LogP contribution in [-0.4, -0.2) is 56.7 Å². The molecule has 12 heavy (non-hydrogen) atoms. The summed E-state index contributed by atoms with van der Waals surface area (Å²) >= 11 is 0. The van der Waals surface area contributed by atoms with E-state index in [1.165, 1.54) is 19.4 Å². The number of hydrogen-bond donors (Lipinski definition) is 1. The van der Waals surface area contributed by atoms with Crippen LogP contribution in [0.25, 0.3) is 0 Å². The fourth-order valence-electron chi connectivity index (χ4n) is 2.00. The van der Waals surface area contributed by atoms with Crippen molar-refractivity contribution in [1.29, 1.82) is 0 Å². The van der Waals surface area contributed by atoms with E-state index in [1.807, 2.05) is 7.05 Å². The van der Waals surface area contributed by atoms with Gasteiger partial charge in [0.2, 0.25) is 0 Å². The van der Waals surface area contributed by atoms with Crippen molar-refractivity contribution >= 4 is 0 Å². The smallest absolute Gasteiger partial charge is 0.0595 e. The standard InChI is InChI=1S/C9H21N3/c1-10-9-6-5-8(12(9)4)7-11(2)3/h8-10H,5-7H2,1-4H3. The van der Waals surface area contributed by atoms with E-state index in [1.54, 1.807) is 0 Å². The van der Waals surface area contributed by atoms with Gasteiger partial charge in [-0.15, -0.1) is 0 Å². The molecular formula is C9H21N3. The molecule has 1 saturated heterocycles. The minimum absolute atomic E-state index is 0.593. The average molecular weight is 171 g/mol. The van der Waals surface area contributed by atoms with E-state index in [4.69, 9.17) is 0 Å². The van der Waals surface area contributed by atoms with Crippen LogP contribution < -0.4 is 5.32 Å². The summed E-state index contributed by atoms with van der Waals surface area (Å²) in [5.74, 6) is 0. The van der Waals surface area contributed by atoms with Crippen molar-refractivity contribution in [3.63, 3.8) is 0 Å². The second kappa shape index (κ2) is 4.21. The van der Waals surface area contributed by atoms with E-state index in [0.717, 1.165) is 6.04 Å². The van der Waals surface area contributed by atoms with Crippen LogP contribution in [0.15, 0.2) is 0 Å². The van der Waals surface area contributed by atoms with E-state index in [-0.39, 0.29) is 0 Å². The van der Waals surface area contributed by atoms with Crippen LogP contribution in [-0.2, 0) is 0 Å². The highest BCUT2D eigenvalue weighted by Crippen LogP contribution is 2.20. The highest BCUT2D eigenvalue weighted by atomic mass is 15.3. The highest BCUT2D eigenvalue weighted by Gasteiger charge is 2.28. The van der Waals surface area contributed by atoms with Gasteiger partial charge < -0.3 is 10.2 Å². The second-order valence-electron chi connectivity index (χ2n) is 3.96. The van der Waals surface area contributed by atoms with Gasteiger partial charge in [0.1, 0.15) is 0 Å². The molecule has 1 aliphatic heterocycles. The summed E-state index contributed by atoms with van der Waals surface area (Å²) in [6.07, 6.45) is 3.20.